The fourth-order valence-electron chi connectivity index (χ4n) is 5.58. The van der Waals surface area contributed by atoms with E-state index in [-0.39, 0.29) is 37.5 Å². The molecule has 6 heteroatoms. The third-order valence-electron chi connectivity index (χ3n) is 8.90. The molecule has 312 valence electrons. The van der Waals surface area contributed by atoms with Gasteiger partial charge in [-0.25, -0.2) is 0 Å². The topological polar surface area (TPSA) is 78.9 Å². The van der Waals surface area contributed by atoms with Crippen LogP contribution in [0.1, 0.15) is 188 Å². The van der Waals surface area contributed by atoms with Gasteiger partial charge in [-0.2, -0.15) is 0 Å². The zero-order chi connectivity index (χ0) is 40.1. The van der Waals surface area contributed by atoms with Crippen molar-refractivity contribution in [2.45, 2.75) is 194 Å². The number of carbonyl (C=O) groups excluding carboxylic acids is 3. The van der Waals surface area contributed by atoms with Gasteiger partial charge >= 0.3 is 17.9 Å². The largest absolute Gasteiger partial charge is 0.462 e. The number of rotatable bonds is 38. The summed E-state index contributed by atoms with van der Waals surface area (Å²) in [5.41, 5.74) is 0. The summed E-state index contributed by atoms with van der Waals surface area (Å²) in [6.45, 7) is 6.32. The first-order valence-corrected chi connectivity index (χ1v) is 22.1. The minimum atomic E-state index is -0.805. The fraction of sp³-hybridized carbons (Fsp3) is 0.653. The Balaban J connectivity index is 4.39. The first kappa shape index (κ1) is 51.6. The van der Waals surface area contributed by atoms with Crippen molar-refractivity contribution in [2.24, 2.45) is 0 Å². The molecule has 0 aliphatic rings. The van der Waals surface area contributed by atoms with Crippen molar-refractivity contribution in [3.63, 3.8) is 0 Å². The van der Waals surface area contributed by atoms with Crippen molar-refractivity contribution in [1.82, 2.24) is 0 Å². The molecule has 0 saturated heterocycles. The monoisotopic (exact) mass is 765 g/mol. The number of allylic oxidation sites excluding steroid dienone is 14. The predicted octanol–water partition coefficient (Wildman–Crippen LogP) is 14.1. The Hall–Kier alpha value is -3.41. The molecule has 0 radical (unpaired) electrons. The Kier molecular flexibility index (Phi) is 40.6. The van der Waals surface area contributed by atoms with E-state index in [1.54, 1.807) is 0 Å². The van der Waals surface area contributed by atoms with E-state index in [2.05, 4.69) is 93.7 Å². The Bertz CT molecular complexity index is 1110. The second-order valence-electron chi connectivity index (χ2n) is 14.2. The fourth-order valence-corrected chi connectivity index (χ4v) is 5.58. The Morgan fingerprint density at radius 3 is 1.24 bits per heavy atom. The average molecular weight is 765 g/mol. The van der Waals surface area contributed by atoms with Crippen molar-refractivity contribution in [3.8, 4) is 0 Å². The molecule has 6 nitrogen and oxygen atoms in total. The van der Waals surface area contributed by atoms with Gasteiger partial charge in [0.05, 0.1) is 0 Å². The molecule has 0 aliphatic carbocycles. The summed E-state index contributed by atoms with van der Waals surface area (Å²) in [7, 11) is 0. The van der Waals surface area contributed by atoms with Gasteiger partial charge in [-0.3, -0.25) is 14.4 Å². The van der Waals surface area contributed by atoms with Crippen LogP contribution in [0.4, 0.5) is 0 Å². The molecule has 0 rings (SSSR count). The zero-order valence-electron chi connectivity index (χ0n) is 35.4. The standard InChI is InChI=1S/C49H80O6/c1-4-7-10-13-15-17-19-21-22-23-24-25-26-28-29-31-33-36-39-42-48(51)54-45-46(44-53-47(50)41-38-35-12-9-6-3)55-49(52)43-40-37-34-32-30-27-20-18-16-14-11-8-5-2/h7,10,15,17-18,20-22,24-25,28-29,33,36,46H,4-6,8-9,11-14,16,19,23,26-27,30-32,34-35,37-45H2,1-3H3/b10-7-,17-15-,20-18-,22-21-,25-24-,29-28-,36-33-. The molecule has 0 aliphatic heterocycles. The van der Waals surface area contributed by atoms with Crippen LogP contribution >= 0.6 is 0 Å². The van der Waals surface area contributed by atoms with E-state index in [9.17, 15) is 14.4 Å². The summed E-state index contributed by atoms with van der Waals surface area (Å²) in [5.74, 6) is -1.03. The lowest BCUT2D eigenvalue weighted by atomic mass is 10.1. The smallest absolute Gasteiger partial charge is 0.306 e. The lowest BCUT2D eigenvalue weighted by Gasteiger charge is -2.18. The lowest BCUT2D eigenvalue weighted by Crippen LogP contribution is -2.30. The third kappa shape index (κ3) is 41.6. The normalized spacial score (nSPS) is 12.9. The van der Waals surface area contributed by atoms with E-state index in [0.29, 0.717) is 19.3 Å². The van der Waals surface area contributed by atoms with Gasteiger partial charge in [0.2, 0.25) is 0 Å². The van der Waals surface area contributed by atoms with Gasteiger partial charge in [0.1, 0.15) is 13.2 Å². The molecule has 1 atom stereocenters. The van der Waals surface area contributed by atoms with Crippen LogP contribution in [0.15, 0.2) is 85.1 Å². The molecule has 55 heavy (non-hydrogen) atoms. The highest BCUT2D eigenvalue weighted by Gasteiger charge is 2.19. The molecular weight excluding hydrogens is 685 g/mol. The molecule has 0 bridgehead atoms. The van der Waals surface area contributed by atoms with Gasteiger partial charge in [0.15, 0.2) is 6.10 Å². The van der Waals surface area contributed by atoms with E-state index in [4.69, 9.17) is 14.2 Å². The Morgan fingerprint density at radius 2 is 0.745 bits per heavy atom. The molecular formula is C49H80O6. The van der Waals surface area contributed by atoms with Crippen LogP contribution in [-0.4, -0.2) is 37.2 Å². The molecule has 0 fully saturated rings. The molecule has 0 spiro atoms. The van der Waals surface area contributed by atoms with Gasteiger partial charge < -0.3 is 14.2 Å². The number of carbonyl (C=O) groups is 3. The second-order valence-corrected chi connectivity index (χ2v) is 14.2. The Labute approximate surface area is 337 Å². The SMILES string of the molecule is CC/C=C\C/C=C\C/C=C\C/C=C\C/C=C\C/C=C\CCC(=O)OCC(COC(=O)CCCCCCC)OC(=O)CCCCCCC/C=C\CCCCCC. The zero-order valence-corrected chi connectivity index (χ0v) is 35.4. The highest BCUT2D eigenvalue weighted by Crippen LogP contribution is 2.12. The highest BCUT2D eigenvalue weighted by molar-refractivity contribution is 5.71. The summed E-state index contributed by atoms with van der Waals surface area (Å²) < 4.78 is 16.5. The molecule has 0 aromatic heterocycles. The van der Waals surface area contributed by atoms with Crippen LogP contribution in [0.2, 0.25) is 0 Å². The minimum Gasteiger partial charge on any atom is -0.462 e. The molecule has 1 unspecified atom stereocenters. The van der Waals surface area contributed by atoms with Crippen LogP contribution in [0.3, 0.4) is 0 Å². The van der Waals surface area contributed by atoms with Crippen LogP contribution in [0.25, 0.3) is 0 Å². The van der Waals surface area contributed by atoms with Gasteiger partial charge in [-0.05, 0) is 83.5 Å². The van der Waals surface area contributed by atoms with E-state index in [1.165, 1.54) is 38.5 Å². The number of ether oxygens (including phenoxy) is 3. The quantitative estimate of drug-likeness (QED) is 0.0270. The number of hydrogen-bond donors (Lipinski definition) is 0. The average Bonchev–Trinajstić information content (AvgIpc) is 3.18. The Morgan fingerprint density at radius 1 is 0.382 bits per heavy atom. The maximum Gasteiger partial charge on any atom is 0.306 e. The molecule has 0 amide bonds. The second kappa shape index (κ2) is 43.3. The van der Waals surface area contributed by atoms with Crippen LogP contribution in [-0.2, 0) is 28.6 Å². The minimum absolute atomic E-state index is 0.105. The maximum absolute atomic E-state index is 12.6. The summed E-state index contributed by atoms with van der Waals surface area (Å²) in [5, 5.41) is 0. The molecule has 0 aromatic rings. The van der Waals surface area contributed by atoms with Gasteiger partial charge in [-0.15, -0.1) is 0 Å². The van der Waals surface area contributed by atoms with Crippen LogP contribution in [0, 0.1) is 0 Å². The first-order valence-electron chi connectivity index (χ1n) is 22.1. The number of hydrogen-bond acceptors (Lipinski definition) is 6. The summed E-state index contributed by atoms with van der Waals surface area (Å²) in [6.07, 6.45) is 54.6. The van der Waals surface area contributed by atoms with E-state index < -0.39 is 6.10 Å². The highest BCUT2D eigenvalue weighted by atomic mass is 16.6. The predicted molar refractivity (Wildman–Crippen MR) is 233 cm³/mol. The van der Waals surface area contributed by atoms with Gasteiger partial charge in [-0.1, -0.05) is 170 Å². The van der Waals surface area contributed by atoms with Crippen molar-refractivity contribution < 1.29 is 28.6 Å². The van der Waals surface area contributed by atoms with Crippen molar-refractivity contribution in [2.75, 3.05) is 13.2 Å². The summed E-state index contributed by atoms with van der Waals surface area (Å²) >= 11 is 0. The summed E-state index contributed by atoms with van der Waals surface area (Å²) in [6, 6.07) is 0. The maximum atomic E-state index is 12.6. The lowest BCUT2D eigenvalue weighted by molar-refractivity contribution is -0.166. The molecule has 0 aromatic carbocycles. The van der Waals surface area contributed by atoms with Crippen molar-refractivity contribution in [3.05, 3.63) is 85.1 Å². The molecule has 0 saturated carbocycles. The number of esters is 3. The summed E-state index contributed by atoms with van der Waals surface area (Å²) in [4.78, 5) is 37.4. The van der Waals surface area contributed by atoms with Gasteiger partial charge in [0, 0.05) is 19.3 Å². The van der Waals surface area contributed by atoms with Crippen molar-refractivity contribution >= 4 is 17.9 Å². The van der Waals surface area contributed by atoms with Crippen molar-refractivity contribution in [1.29, 1.82) is 0 Å². The number of unbranched alkanes of at least 4 members (excludes halogenated alkanes) is 13. The van der Waals surface area contributed by atoms with E-state index >= 15 is 0 Å². The van der Waals surface area contributed by atoms with E-state index in [0.717, 1.165) is 103 Å². The van der Waals surface area contributed by atoms with Crippen LogP contribution < -0.4 is 0 Å². The molecule has 0 heterocycles. The van der Waals surface area contributed by atoms with Gasteiger partial charge in [0.25, 0.3) is 0 Å². The molecule has 0 N–H and O–H groups in total. The first-order chi connectivity index (χ1) is 27.0. The van der Waals surface area contributed by atoms with E-state index in [1.807, 2.05) is 12.2 Å². The third-order valence-corrected chi connectivity index (χ3v) is 8.90. The van der Waals surface area contributed by atoms with Crippen LogP contribution in [0.5, 0.6) is 0 Å².